The van der Waals surface area contributed by atoms with Gasteiger partial charge in [-0.05, 0) is 30.9 Å². The monoisotopic (exact) mass is 339 g/mol. The molecule has 1 aromatic carbocycles. The maximum Gasteiger partial charge on any atom is 0.239 e. The molecule has 7 nitrogen and oxygen atoms in total. The predicted molar refractivity (Wildman–Crippen MR) is 92.8 cm³/mol. The van der Waals surface area contributed by atoms with E-state index in [1.807, 2.05) is 29.3 Å². The number of para-hydroxylation sites is 1. The highest BCUT2D eigenvalue weighted by atomic mass is 16.5. The van der Waals surface area contributed by atoms with Crippen LogP contribution in [0.15, 0.2) is 41.4 Å². The minimum atomic E-state index is -0.527. The average molecular weight is 339 g/mol. The van der Waals surface area contributed by atoms with Crippen molar-refractivity contribution >= 4 is 16.8 Å². The highest BCUT2D eigenvalue weighted by Gasteiger charge is 2.29. The molecule has 3 N–H and O–H groups in total. The van der Waals surface area contributed by atoms with Crippen LogP contribution in [0.3, 0.4) is 0 Å². The van der Waals surface area contributed by atoms with Crippen molar-refractivity contribution in [3.8, 4) is 0 Å². The molecule has 4 rings (SSSR count). The maximum absolute atomic E-state index is 12.7. The Kier molecular flexibility index (Phi) is 4.23. The second kappa shape index (κ2) is 6.68. The number of benzene rings is 1. The normalized spacial score (nSPS) is 17.1. The number of hydrogen-bond acceptors (Lipinski definition) is 5. The predicted octanol–water partition coefficient (Wildman–Crippen LogP) is 1.83. The van der Waals surface area contributed by atoms with Crippen molar-refractivity contribution in [2.45, 2.75) is 31.2 Å². The van der Waals surface area contributed by atoms with Crippen LogP contribution >= 0.6 is 0 Å². The van der Waals surface area contributed by atoms with Gasteiger partial charge in [0.05, 0.1) is 6.04 Å². The van der Waals surface area contributed by atoms with Crippen LogP contribution in [0.5, 0.6) is 0 Å². The van der Waals surface area contributed by atoms with Gasteiger partial charge in [0, 0.05) is 36.1 Å². The molecule has 0 spiro atoms. The number of nitrogens with two attached hydrogens (primary N) is 1. The molecule has 1 saturated heterocycles. The van der Waals surface area contributed by atoms with Crippen molar-refractivity contribution in [3.63, 3.8) is 0 Å². The first-order valence-corrected chi connectivity index (χ1v) is 8.58. The molecular formula is C18H21N5O2. The summed E-state index contributed by atoms with van der Waals surface area (Å²) in [4.78, 5) is 21.9. The van der Waals surface area contributed by atoms with E-state index in [-0.39, 0.29) is 11.8 Å². The second-order valence-corrected chi connectivity index (χ2v) is 6.56. The number of rotatable bonds is 4. The van der Waals surface area contributed by atoms with E-state index in [1.165, 1.54) is 6.39 Å². The zero-order chi connectivity index (χ0) is 17.2. The fourth-order valence-corrected chi connectivity index (χ4v) is 3.58. The molecule has 0 aliphatic carbocycles. The molecule has 2 aromatic heterocycles. The van der Waals surface area contributed by atoms with Crippen LogP contribution in [-0.4, -0.2) is 45.1 Å². The Morgan fingerprint density at radius 3 is 2.92 bits per heavy atom. The SMILES string of the molecule is NC(Cc1c[nH]c2ccccc12)C(=O)N1CCC(c2ncon2)CC1. The molecule has 1 aliphatic heterocycles. The summed E-state index contributed by atoms with van der Waals surface area (Å²) in [6.45, 7) is 1.36. The van der Waals surface area contributed by atoms with Gasteiger partial charge >= 0.3 is 0 Å². The Hall–Kier alpha value is -2.67. The fraction of sp³-hybridized carbons (Fsp3) is 0.389. The van der Waals surface area contributed by atoms with Crippen LogP contribution in [0.2, 0.25) is 0 Å². The number of carbonyl (C=O) groups is 1. The average Bonchev–Trinajstić information content (AvgIpc) is 3.32. The second-order valence-electron chi connectivity index (χ2n) is 6.56. The van der Waals surface area contributed by atoms with Crippen molar-refractivity contribution in [2.75, 3.05) is 13.1 Å². The fourth-order valence-electron chi connectivity index (χ4n) is 3.58. The third-order valence-electron chi connectivity index (χ3n) is 4.98. The van der Waals surface area contributed by atoms with E-state index in [4.69, 9.17) is 10.3 Å². The van der Waals surface area contributed by atoms with Gasteiger partial charge in [0.2, 0.25) is 12.3 Å². The molecule has 1 atom stereocenters. The summed E-state index contributed by atoms with van der Waals surface area (Å²) < 4.78 is 4.81. The Morgan fingerprint density at radius 1 is 1.36 bits per heavy atom. The van der Waals surface area contributed by atoms with E-state index >= 15 is 0 Å². The highest BCUT2D eigenvalue weighted by molar-refractivity contribution is 5.86. The maximum atomic E-state index is 12.7. The standard InChI is InChI=1S/C18H21N5O2/c19-15(9-13-10-20-16-4-2-1-3-14(13)16)18(24)23-7-5-12(6-8-23)17-21-11-25-22-17/h1-4,10-12,15,20H,5-9,19H2. The van der Waals surface area contributed by atoms with Gasteiger partial charge < -0.3 is 20.1 Å². The number of nitrogens with zero attached hydrogens (tertiary/aromatic N) is 3. The van der Waals surface area contributed by atoms with Crippen LogP contribution in [0, 0.1) is 0 Å². The lowest BCUT2D eigenvalue weighted by Gasteiger charge is -2.32. The Balaban J connectivity index is 1.38. The lowest BCUT2D eigenvalue weighted by atomic mass is 9.95. The molecule has 1 aliphatic rings. The van der Waals surface area contributed by atoms with E-state index in [2.05, 4.69) is 21.2 Å². The molecule has 25 heavy (non-hydrogen) atoms. The summed E-state index contributed by atoms with van der Waals surface area (Å²) in [5.74, 6) is 1.000. The van der Waals surface area contributed by atoms with Gasteiger partial charge in [-0.25, -0.2) is 0 Å². The van der Waals surface area contributed by atoms with Crippen LogP contribution < -0.4 is 5.73 Å². The molecule has 0 radical (unpaired) electrons. The topological polar surface area (TPSA) is 101 Å². The van der Waals surface area contributed by atoms with Crippen molar-refractivity contribution in [1.29, 1.82) is 0 Å². The minimum Gasteiger partial charge on any atom is -0.361 e. The number of amides is 1. The first-order chi connectivity index (χ1) is 12.2. The first kappa shape index (κ1) is 15.8. The van der Waals surface area contributed by atoms with Crippen LogP contribution in [0.25, 0.3) is 10.9 Å². The molecule has 1 fully saturated rings. The molecule has 7 heteroatoms. The third-order valence-corrected chi connectivity index (χ3v) is 4.98. The molecule has 130 valence electrons. The number of fused-ring (bicyclic) bond motifs is 1. The zero-order valence-electron chi connectivity index (χ0n) is 13.9. The summed E-state index contributed by atoms with van der Waals surface area (Å²) in [5.41, 5.74) is 8.36. The van der Waals surface area contributed by atoms with E-state index in [1.54, 1.807) is 0 Å². The molecule has 3 aromatic rings. The van der Waals surface area contributed by atoms with Gasteiger partial charge in [-0.2, -0.15) is 4.98 Å². The van der Waals surface area contributed by atoms with E-state index < -0.39 is 6.04 Å². The Bertz CT molecular complexity index is 849. The van der Waals surface area contributed by atoms with Gasteiger partial charge in [0.1, 0.15) is 0 Å². The van der Waals surface area contributed by atoms with Crippen molar-refractivity contribution in [2.24, 2.45) is 5.73 Å². The first-order valence-electron chi connectivity index (χ1n) is 8.58. The van der Waals surface area contributed by atoms with Crippen LogP contribution in [0.4, 0.5) is 0 Å². The molecule has 1 amide bonds. The zero-order valence-corrected chi connectivity index (χ0v) is 13.9. The molecule has 3 heterocycles. The minimum absolute atomic E-state index is 0.0110. The molecule has 0 saturated carbocycles. The summed E-state index contributed by atoms with van der Waals surface area (Å²) in [5, 5.41) is 5.03. The lowest BCUT2D eigenvalue weighted by Crippen LogP contribution is -2.47. The molecular weight excluding hydrogens is 318 g/mol. The van der Waals surface area contributed by atoms with Crippen LogP contribution in [-0.2, 0) is 11.2 Å². The van der Waals surface area contributed by atoms with E-state index in [9.17, 15) is 4.79 Å². The number of H-pyrrole nitrogens is 1. The largest absolute Gasteiger partial charge is 0.361 e. The van der Waals surface area contributed by atoms with Crippen LogP contribution in [0.1, 0.15) is 30.1 Å². The Morgan fingerprint density at radius 2 is 2.16 bits per heavy atom. The molecule has 1 unspecified atom stereocenters. The number of aromatic nitrogens is 3. The quantitative estimate of drug-likeness (QED) is 0.755. The van der Waals surface area contributed by atoms with E-state index in [0.29, 0.717) is 19.5 Å². The van der Waals surface area contributed by atoms with Crippen molar-refractivity contribution in [1.82, 2.24) is 20.0 Å². The summed E-state index contributed by atoms with van der Waals surface area (Å²) in [6, 6.07) is 7.53. The summed E-state index contributed by atoms with van der Waals surface area (Å²) in [7, 11) is 0. The van der Waals surface area contributed by atoms with Gasteiger partial charge in [-0.15, -0.1) is 0 Å². The number of aromatic amines is 1. The third kappa shape index (κ3) is 3.15. The van der Waals surface area contributed by atoms with Gasteiger partial charge in [0.25, 0.3) is 0 Å². The number of nitrogens with one attached hydrogen (secondary N) is 1. The lowest BCUT2D eigenvalue weighted by molar-refractivity contribution is -0.133. The van der Waals surface area contributed by atoms with Gasteiger partial charge in [-0.3, -0.25) is 4.79 Å². The Labute approximate surface area is 145 Å². The van der Waals surface area contributed by atoms with Gasteiger partial charge in [-0.1, -0.05) is 23.4 Å². The summed E-state index contributed by atoms with van der Waals surface area (Å²) >= 11 is 0. The van der Waals surface area contributed by atoms with Crippen molar-refractivity contribution in [3.05, 3.63) is 48.2 Å². The highest BCUT2D eigenvalue weighted by Crippen LogP contribution is 2.26. The summed E-state index contributed by atoms with van der Waals surface area (Å²) in [6.07, 6.45) is 5.51. The number of hydrogen-bond donors (Lipinski definition) is 2. The molecule has 0 bridgehead atoms. The number of likely N-dealkylation sites (tertiary alicyclic amines) is 1. The van der Waals surface area contributed by atoms with Gasteiger partial charge in [0.15, 0.2) is 5.82 Å². The number of carbonyl (C=O) groups excluding carboxylic acids is 1. The smallest absolute Gasteiger partial charge is 0.239 e. The van der Waals surface area contributed by atoms with Crippen molar-refractivity contribution < 1.29 is 9.32 Å². The number of piperidine rings is 1. The van der Waals surface area contributed by atoms with E-state index in [0.717, 1.165) is 35.1 Å².